The molecule has 0 saturated heterocycles. The fourth-order valence-electron chi connectivity index (χ4n) is 2.88. The van der Waals surface area contributed by atoms with Crippen LogP contribution in [0, 0.1) is 12.8 Å². The molecule has 0 aliphatic rings. The summed E-state index contributed by atoms with van der Waals surface area (Å²) in [5.74, 6) is 1.96. The van der Waals surface area contributed by atoms with E-state index in [4.69, 9.17) is 9.84 Å². The minimum Gasteiger partial charge on any atom is -0.497 e. The maximum atomic E-state index is 12.4. The summed E-state index contributed by atoms with van der Waals surface area (Å²) in [7, 11) is 1.64. The first-order valence-corrected chi connectivity index (χ1v) is 9.57. The van der Waals surface area contributed by atoms with Crippen molar-refractivity contribution >= 4 is 11.7 Å². The first kappa shape index (κ1) is 19.7. The summed E-state index contributed by atoms with van der Waals surface area (Å²) in [4.78, 5) is 12.4. The maximum absolute atomic E-state index is 12.4. The lowest BCUT2D eigenvalue weighted by Crippen LogP contribution is -2.15. The second-order valence-corrected chi connectivity index (χ2v) is 7.37. The molecule has 28 heavy (non-hydrogen) atoms. The van der Waals surface area contributed by atoms with E-state index in [9.17, 15) is 4.79 Å². The monoisotopic (exact) mass is 377 g/mol. The third kappa shape index (κ3) is 4.80. The van der Waals surface area contributed by atoms with Crippen LogP contribution < -0.4 is 10.1 Å². The van der Waals surface area contributed by atoms with Crippen LogP contribution in [-0.4, -0.2) is 22.8 Å². The predicted molar refractivity (Wildman–Crippen MR) is 113 cm³/mol. The Bertz CT molecular complexity index is 925. The molecule has 0 spiro atoms. The fourth-order valence-corrected chi connectivity index (χ4v) is 2.88. The van der Waals surface area contributed by atoms with E-state index in [2.05, 4.69) is 19.2 Å². The van der Waals surface area contributed by atoms with Crippen LogP contribution in [0.2, 0.25) is 0 Å². The number of ether oxygens (including phenoxy) is 1. The molecule has 5 heteroatoms. The third-order valence-corrected chi connectivity index (χ3v) is 4.59. The Balaban J connectivity index is 1.94. The number of carbonyl (C=O) groups is 1. The smallest absolute Gasteiger partial charge is 0.225 e. The third-order valence-electron chi connectivity index (χ3n) is 4.59. The van der Waals surface area contributed by atoms with Crippen molar-refractivity contribution in [3.63, 3.8) is 0 Å². The highest BCUT2D eigenvalue weighted by Crippen LogP contribution is 2.27. The van der Waals surface area contributed by atoms with Gasteiger partial charge in [0.15, 0.2) is 0 Å². The molecular formula is C23H27N3O2. The Kier molecular flexibility index (Phi) is 6.14. The summed E-state index contributed by atoms with van der Waals surface area (Å²) in [6.07, 6.45) is 1.35. The molecule has 146 valence electrons. The predicted octanol–water partition coefficient (Wildman–Crippen LogP) is 5.23. The van der Waals surface area contributed by atoms with Crippen LogP contribution in [0.25, 0.3) is 16.9 Å². The van der Waals surface area contributed by atoms with Gasteiger partial charge >= 0.3 is 0 Å². The molecule has 0 fully saturated rings. The average Bonchev–Trinajstić information content (AvgIpc) is 3.10. The van der Waals surface area contributed by atoms with Gasteiger partial charge in [-0.25, -0.2) is 4.68 Å². The Morgan fingerprint density at radius 2 is 1.79 bits per heavy atom. The van der Waals surface area contributed by atoms with Crippen LogP contribution in [0.3, 0.4) is 0 Å². The highest BCUT2D eigenvalue weighted by molar-refractivity contribution is 5.90. The van der Waals surface area contributed by atoms with Crippen molar-refractivity contribution in [1.82, 2.24) is 9.78 Å². The van der Waals surface area contributed by atoms with E-state index in [0.717, 1.165) is 29.1 Å². The Morgan fingerprint density at radius 1 is 1.11 bits per heavy atom. The molecule has 2 aromatic carbocycles. The molecule has 0 aliphatic carbocycles. The molecule has 0 bridgehead atoms. The molecule has 1 aromatic heterocycles. The number of methoxy groups -OCH3 is 1. The molecule has 0 saturated carbocycles. The van der Waals surface area contributed by atoms with Gasteiger partial charge in [0.05, 0.1) is 18.5 Å². The topological polar surface area (TPSA) is 56.1 Å². The first-order valence-electron chi connectivity index (χ1n) is 9.57. The number of amides is 1. The molecule has 3 aromatic rings. The zero-order valence-electron chi connectivity index (χ0n) is 16.9. The van der Waals surface area contributed by atoms with Gasteiger partial charge in [0.2, 0.25) is 5.91 Å². The number of nitrogens with zero attached hydrogens (tertiary/aromatic N) is 2. The second-order valence-electron chi connectivity index (χ2n) is 7.37. The summed E-state index contributed by atoms with van der Waals surface area (Å²) < 4.78 is 7.01. The first-order chi connectivity index (χ1) is 13.5. The van der Waals surface area contributed by atoms with Crippen molar-refractivity contribution in [3.05, 3.63) is 60.2 Å². The van der Waals surface area contributed by atoms with E-state index in [0.29, 0.717) is 18.2 Å². The SMILES string of the molecule is COc1ccc(-c2cc(NC(=O)CCC(C)C)n(-c3ccc(C)cc3)n2)cc1. The summed E-state index contributed by atoms with van der Waals surface area (Å²) >= 11 is 0. The lowest BCUT2D eigenvalue weighted by atomic mass is 10.1. The minimum absolute atomic E-state index is 0.00300. The van der Waals surface area contributed by atoms with Gasteiger partial charge in [0.1, 0.15) is 11.6 Å². The number of rotatable bonds is 7. The van der Waals surface area contributed by atoms with E-state index >= 15 is 0 Å². The molecular weight excluding hydrogens is 350 g/mol. The number of hydrogen-bond donors (Lipinski definition) is 1. The van der Waals surface area contributed by atoms with Gasteiger partial charge in [-0.05, 0) is 55.7 Å². The van der Waals surface area contributed by atoms with Crippen LogP contribution in [0.5, 0.6) is 5.75 Å². The largest absolute Gasteiger partial charge is 0.497 e. The van der Waals surface area contributed by atoms with E-state index in [1.54, 1.807) is 11.8 Å². The lowest BCUT2D eigenvalue weighted by Gasteiger charge is -2.10. The Hall–Kier alpha value is -3.08. The highest BCUT2D eigenvalue weighted by Gasteiger charge is 2.14. The summed E-state index contributed by atoms with van der Waals surface area (Å²) in [5.41, 5.74) is 3.84. The van der Waals surface area contributed by atoms with Crippen molar-refractivity contribution in [2.75, 3.05) is 12.4 Å². The lowest BCUT2D eigenvalue weighted by molar-refractivity contribution is -0.116. The summed E-state index contributed by atoms with van der Waals surface area (Å²) in [6.45, 7) is 6.28. The molecule has 0 aliphatic heterocycles. The van der Waals surface area contributed by atoms with Gasteiger partial charge in [-0.3, -0.25) is 4.79 Å². The van der Waals surface area contributed by atoms with Gasteiger partial charge in [-0.15, -0.1) is 0 Å². The Labute approximate surface area is 166 Å². The molecule has 1 heterocycles. The number of aryl methyl sites for hydroxylation is 1. The average molecular weight is 377 g/mol. The van der Waals surface area contributed by atoms with Crippen LogP contribution in [0.4, 0.5) is 5.82 Å². The van der Waals surface area contributed by atoms with Crippen LogP contribution >= 0.6 is 0 Å². The van der Waals surface area contributed by atoms with E-state index in [1.165, 1.54) is 5.56 Å². The number of aromatic nitrogens is 2. The Morgan fingerprint density at radius 3 is 2.39 bits per heavy atom. The van der Waals surface area contributed by atoms with Crippen LogP contribution in [-0.2, 0) is 4.79 Å². The van der Waals surface area contributed by atoms with Crippen molar-refractivity contribution < 1.29 is 9.53 Å². The van der Waals surface area contributed by atoms with Gasteiger partial charge in [-0.2, -0.15) is 5.10 Å². The molecule has 0 radical (unpaired) electrons. The van der Waals surface area contributed by atoms with Gasteiger partial charge in [0.25, 0.3) is 0 Å². The minimum atomic E-state index is 0.00300. The van der Waals surface area contributed by atoms with E-state index in [1.807, 2.05) is 61.5 Å². The van der Waals surface area contributed by atoms with Crippen molar-refractivity contribution in [3.8, 4) is 22.7 Å². The number of benzene rings is 2. The number of nitrogens with one attached hydrogen (secondary N) is 1. The van der Waals surface area contributed by atoms with Crippen molar-refractivity contribution in [2.24, 2.45) is 5.92 Å². The van der Waals surface area contributed by atoms with Crippen LogP contribution in [0.1, 0.15) is 32.3 Å². The molecule has 5 nitrogen and oxygen atoms in total. The quantitative estimate of drug-likeness (QED) is 0.613. The van der Waals surface area contributed by atoms with Crippen molar-refractivity contribution in [2.45, 2.75) is 33.6 Å². The standard InChI is InChI=1S/C23H27N3O2/c1-16(2)5-14-23(27)24-22-15-21(18-8-12-20(28-4)13-9-18)25-26(22)19-10-6-17(3)7-11-19/h6-13,15-16H,5,14H2,1-4H3,(H,24,27). The van der Waals surface area contributed by atoms with Gasteiger partial charge in [-0.1, -0.05) is 31.5 Å². The molecule has 1 amide bonds. The zero-order chi connectivity index (χ0) is 20.1. The fraction of sp³-hybridized carbons (Fsp3) is 0.304. The van der Waals surface area contributed by atoms with Crippen LogP contribution in [0.15, 0.2) is 54.6 Å². The number of anilines is 1. The van der Waals surface area contributed by atoms with E-state index in [-0.39, 0.29) is 5.91 Å². The number of carbonyl (C=O) groups excluding carboxylic acids is 1. The molecule has 3 rings (SSSR count). The second kappa shape index (κ2) is 8.74. The van der Waals surface area contributed by atoms with Gasteiger partial charge in [0, 0.05) is 18.1 Å². The van der Waals surface area contributed by atoms with Gasteiger partial charge < -0.3 is 10.1 Å². The maximum Gasteiger partial charge on any atom is 0.225 e. The van der Waals surface area contributed by atoms with E-state index < -0.39 is 0 Å². The highest BCUT2D eigenvalue weighted by atomic mass is 16.5. The number of hydrogen-bond acceptors (Lipinski definition) is 3. The summed E-state index contributed by atoms with van der Waals surface area (Å²) in [6, 6.07) is 17.7. The zero-order valence-corrected chi connectivity index (χ0v) is 16.9. The normalized spacial score (nSPS) is 10.9. The van der Waals surface area contributed by atoms with Crippen molar-refractivity contribution in [1.29, 1.82) is 0 Å². The molecule has 1 N–H and O–H groups in total. The molecule has 0 atom stereocenters. The summed E-state index contributed by atoms with van der Waals surface area (Å²) in [5, 5.41) is 7.77. The molecule has 0 unspecified atom stereocenters.